The van der Waals surface area contributed by atoms with Crippen molar-refractivity contribution in [1.29, 1.82) is 0 Å². The van der Waals surface area contributed by atoms with E-state index in [-0.39, 0.29) is 11.8 Å². The van der Waals surface area contributed by atoms with Gasteiger partial charge in [-0.25, -0.2) is 4.79 Å². The summed E-state index contributed by atoms with van der Waals surface area (Å²) in [6.07, 6.45) is 1.27. The highest BCUT2D eigenvalue weighted by molar-refractivity contribution is 5.91. The van der Waals surface area contributed by atoms with Gasteiger partial charge in [0, 0.05) is 6.42 Å². The summed E-state index contributed by atoms with van der Waals surface area (Å²) in [7, 11) is 0. The molecule has 1 aromatic rings. The summed E-state index contributed by atoms with van der Waals surface area (Å²) in [5.41, 5.74) is 0.618. The predicted octanol–water partition coefficient (Wildman–Crippen LogP) is 2.26. The lowest BCUT2D eigenvalue weighted by molar-refractivity contribution is -0.142. The van der Waals surface area contributed by atoms with Crippen LogP contribution in [0.4, 0.5) is 0 Å². The molecule has 132 valence electrons. The Morgan fingerprint density at radius 3 is 2.21 bits per heavy atom. The van der Waals surface area contributed by atoms with Gasteiger partial charge >= 0.3 is 5.97 Å². The third-order valence-corrected chi connectivity index (χ3v) is 3.49. The molecule has 1 rings (SSSR count). The molecule has 0 saturated carbocycles. The molecule has 6 heteroatoms. The van der Waals surface area contributed by atoms with Crippen LogP contribution in [0.5, 0.6) is 0 Å². The highest BCUT2D eigenvalue weighted by Gasteiger charge is 2.27. The molecule has 0 heterocycles. The molecule has 0 aliphatic rings. The van der Waals surface area contributed by atoms with Crippen LogP contribution < -0.4 is 10.6 Å². The molecule has 3 N–H and O–H groups in total. The van der Waals surface area contributed by atoms with Gasteiger partial charge in [-0.3, -0.25) is 9.59 Å². The fraction of sp³-hybridized carbons (Fsp3) is 0.500. The van der Waals surface area contributed by atoms with Gasteiger partial charge in [0.15, 0.2) is 0 Å². The van der Waals surface area contributed by atoms with E-state index in [0.29, 0.717) is 24.8 Å². The third kappa shape index (κ3) is 6.40. The number of rotatable bonds is 9. The van der Waals surface area contributed by atoms with Gasteiger partial charge in [-0.2, -0.15) is 0 Å². The lowest BCUT2D eigenvalue weighted by Crippen LogP contribution is -2.47. The molecule has 6 nitrogen and oxygen atoms in total. The number of carbonyl (C=O) groups is 3. The van der Waals surface area contributed by atoms with Gasteiger partial charge in [-0.15, -0.1) is 0 Å². The molecule has 2 unspecified atom stereocenters. The molecule has 0 aliphatic heterocycles. The lowest BCUT2D eigenvalue weighted by Gasteiger charge is -2.22. The van der Waals surface area contributed by atoms with E-state index in [0.717, 1.165) is 0 Å². The van der Waals surface area contributed by atoms with Crippen molar-refractivity contribution in [2.24, 2.45) is 5.92 Å². The van der Waals surface area contributed by atoms with Crippen LogP contribution in [0.3, 0.4) is 0 Å². The van der Waals surface area contributed by atoms with E-state index in [2.05, 4.69) is 10.6 Å². The fourth-order valence-electron chi connectivity index (χ4n) is 2.34. The first-order valence-corrected chi connectivity index (χ1v) is 8.22. The van der Waals surface area contributed by atoms with Crippen LogP contribution in [0.25, 0.3) is 0 Å². The second kappa shape index (κ2) is 9.70. The number of carboxylic acids is 1. The van der Waals surface area contributed by atoms with Crippen molar-refractivity contribution in [3.05, 3.63) is 35.9 Å². The summed E-state index contributed by atoms with van der Waals surface area (Å²) in [4.78, 5) is 35.9. The molecule has 0 spiro atoms. The summed E-state index contributed by atoms with van der Waals surface area (Å²) < 4.78 is 0. The molecule has 24 heavy (non-hydrogen) atoms. The average molecular weight is 334 g/mol. The van der Waals surface area contributed by atoms with Gasteiger partial charge in [0.05, 0.1) is 0 Å². The quantitative estimate of drug-likeness (QED) is 0.645. The third-order valence-electron chi connectivity index (χ3n) is 3.49. The Morgan fingerprint density at radius 1 is 1.08 bits per heavy atom. The van der Waals surface area contributed by atoms with Crippen LogP contribution in [0.15, 0.2) is 30.3 Å². The van der Waals surface area contributed by atoms with Crippen molar-refractivity contribution in [2.75, 3.05) is 0 Å². The maximum absolute atomic E-state index is 12.6. The van der Waals surface area contributed by atoms with Gasteiger partial charge < -0.3 is 15.7 Å². The van der Waals surface area contributed by atoms with Gasteiger partial charge in [-0.05, 0) is 17.9 Å². The van der Waals surface area contributed by atoms with E-state index in [4.69, 9.17) is 0 Å². The Morgan fingerprint density at radius 2 is 1.71 bits per heavy atom. The zero-order valence-corrected chi connectivity index (χ0v) is 14.4. The number of carboxylic acid groups (broad SMARTS) is 1. The van der Waals surface area contributed by atoms with Crippen LogP contribution >= 0.6 is 0 Å². The predicted molar refractivity (Wildman–Crippen MR) is 91.3 cm³/mol. The van der Waals surface area contributed by atoms with Crippen molar-refractivity contribution in [1.82, 2.24) is 10.6 Å². The molecular formula is C18H26N2O4. The molecular weight excluding hydrogens is 308 g/mol. The molecule has 0 bridgehead atoms. The van der Waals surface area contributed by atoms with Gasteiger partial charge in [0.2, 0.25) is 11.8 Å². The Kier molecular flexibility index (Phi) is 7.95. The Balaban J connectivity index is 2.93. The first-order chi connectivity index (χ1) is 11.3. The second-order valence-corrected chi connectivity index (χ2v) is 6.20. The minimum atomic E-state index is -1.08. The molecule has 1 aromatic carbocycles. The van der Waals surface area contributed by atoms with E-state index in [9.17, 15) is 19.5 Å². The van der Waals surface area contributed by atoms with E-state index in [1.54, 1.807) is 24.3 Å². The zero-order valence-electron chi connectivity index (χ0n) is 14.4. The van der Waals surface area contributed by atoms with E-state index in [1.165, 1.54) is 0 Å². The van der Waals surface area contributed by atoms with Crippen LogP contribution in [0.2, 0.25) is 0 Å². The SMILES string of the molecule is CCCC(NC(=O)C(NC(=O)CC(C)C)c1ccccc1)C(=O)O. The number of hydrogen-bond acceptors (Lipinski definition) is 3. The minimum Gasteiger partial charge on any atom is -0.480 e. The van der Waals surface area contributed by atoms with Crippen molar-refractivity contribution >= 4 is 17.8 Å². The molecule has 0 aromatic heterocycles. The van der Waals surface area contributed by atoms with E-state index < -0.39 is 24.0 Å². The number of aliphatic carboxylic acids is 1. The minimum absolute atomic E-state index is 0.163. The van der Waals surface area contributed by atoms with Crippen molar-refractivity contribution in [2.45, 2.75) is 52.1 Å². The maximum Gasteiger partial charge on any atom is 0.326 e. The van der Waals surface area contributed by atoms with Crippen LogP contribution in [0, 0.1) is 5.92 Å². The van der Waals surface area contributed by atoms with Crippen molar-refractivity contribution in [3.8, 4) is 0 Å². The maximum atomic E-state index is 12.6. The van der Waals surface area contributed by atoms with Gasteiger partial charge in [0.1, 0.15) is 12.1 Å². The Hall–Kier alpha value is -2.37. The Bertz CT molecular complexity index is 557. The van der Waals surface area contributed by atoms with Gasteiger partial charge in [0.25, 0.3) is 0 Å². The number of hydrogen-bond donors (Lipinski definition) is 3. The highest BCUT2D eigenvalue weighted by atomic mass is 16.4. The largest absolute Gasteiger partial charge is 0.480 e. The number of benzene rings is 1. The first-order valence-electron chi connectivity index (χ1n) is 8.22. The second-order valence-electron chi connectivity index (χ2n) is 6.20. The topological polar surface area (TPSA) is 95.5 Å². The lowest BCUT2D eigenvalue weighted by atomic mass is 10.0. The highest BCUT2D eigenvalue weighted by Crippen LogP contribution is 2.15. The molecule has 0 radical (unpaired) electrons. The fourth-order valence-corrected chi connectivity index (χ4v) is 2.34. The summed E-state index contributed by atoms with van der Waals surface area (Å²) in [6, 6.07) is 6.94. The molecule has 0 saturated heterocycles. The number of carbonyl (C=O) groups excluding carboxylic acids is 2. The molecule has 0 fully saturated rings. The van der Waals surface area contributed by atoms with E-state index in [1.807, 2.05) is 26.8 Å². The van der Waals surface area contributed by atoms with Crippen LogP contribution in [-0.4, -0.2) is 28.9 Å². The van der Waals surface area contributed by atoms with E-state index >= 15 is 0 Å². The smallest absolute Gasteiger partial charge is 0.326 e. The standard InChI is InChI=1S/C18H26N2O4/c1-4-8-14(18(23)24)19-17(22)16(13-9-6-5-7-10-13)20-15(21)11-12(2)3/h5-7,9-10,12,14,16H,4,8,11H2,1-3H3,(H,19,22)(H,20,21)(H,23,24). The molecule has 0 aliphatic carbocycles. The van der Waals surface area contributed by atoms with Gasteiger partial charge in [-0.1, -0.05) is 57.5 Å². The Labute approximate surface area is 142 Å². The summed E-state index contributed by atoms with van der Waals surface area (Å²) in [5, 5.41) is 14.4. The summed E-state index contributed by atoms with van der Waals surface area (Å²) in [5.74, 6) is -1.67. The van der Waals surface area contributed by atoms with Crippen molar-refractivity contribution in [3.63, 3.8) is 0 Å². The summed E-state index contributed by atoms with van der Waals surface area (Å²) in [6.45, 7) is 5.68. The van der Waals surface area contributed by atoms with Crippen LogP contribution in [-0.2, 0) is 14.4 Å². The molecule has 2 amide bonds. The molecule has 2 atom stereocenters. The van der Waals surface area contributed by atoms with Crippen molar-refractivity contribution < 1.29 is 19.5 Å². The number of amides is 2. The van der Waals surface area contributed by atoms with Crippen LogP contribution in [0.1, 0.15) is 51.6 Å². The first kappa shape index (κ1) is 19.7. The summed E-state index contributed by atoms with van der Waals surface area (Å²) >= 11 is 0. The average Bonchev–Trinajstić information content (AvgIpc) is 2.52. The normalized spacial score (nSPS) is 13.2. The zero-order chi connectivity index (χ0) is 18.1. The number of nitrogens with one attached hydrogen (secondary N) is 2. The monoisotopic (exact) mass is 334 g/mol.